The third kappa shape index (κ3) is 2.91. The molecule has 0 saturated carbocycles. The molecular formula is C16H23N3O2S. The molecule has 1 saturated heterocycles. The molecule has 2 unspecified atom stereocenters. The van der Waals surface area contributed by atoms with Crippen LogP contribution in [0.5, 0.6) is 0 Å². The summed E-state index contributed by atoms with van der Waals surface area (Å²) in [6, 6.07) is 8.31. The number of nitrogens with zero attached hydrogens (tertiary/aromatic N) is 1. The smallest absolute Gasteiger partial charge is 0.211 e. The molecule has 1 aromatic heterocycles. The average Bonchev–Trinajstić information content (AvgIpc) is 2.90. The number of nitrogens with one attached hydrogen (secondary N) is 2. The molecule has 0 radical (unpaired) electrons. The summed E-state index contributed by atoms with van der Waals surface area (Å²) in [5.41, 5.74) is 2.46. The van der Waals surface area contributed by atoms with Crippen LogP contribution in [0.1, 0.15) is 24.3 Å². The molecule has 1 aliphatic rings. The number of H-pyrrole nitrogens is 1. The zero-order valence-corrected chi connectivity index (χ0v) is 13.9. The summed E-state index contributed by atoms with van der Waals surface area (Å²) < 4.78 is 25.6. The van der Waals surface area contributed by atoms with Gasteiger partial charge in [-0.1, -0.05) is 18.2 Å². The zero-order chi connectivity index (χ0) is 15.7. The van der Waals surface area contributed by atoms with Crippen molar-refractivity contribution in [2.24, 2.45) is 0 Å². The molecule has 6 heteroatoms. The van der Waals surface area contributed by atoms with Gasteiger partial charge in [-0.05, 0) is 37.4 Å². The minimum atomic E-state index is -3.15. The predicted octanol–water partition coefficient (Wildman–Crippen LogP) is 1.89. The Kier molecular flexibility index (Phi) is 4.25. The van der Waals surface area contributed by atoms with E-state index in [0.717, 1.165) is 18.4 Å². The molecule has 1 fully saturated rings. The van der Waals surface area contributed by atoms with Gasteiger partial charge in [0.15, 0.2) is 0 Å². The van der Waals surface area contributed by atoms with Gasteiger partial charge in [-0.3, -0.25) is 0 Å². The number of benzene rings is 1. The minimum absolute atomic E-state index is 0.0208. The standard InChI is InChI=1S/C16H23N3O2S/c1-17-10-13-9-12(7-8-19(13)22(2,20)21)15-11-18-16-6-4-3-5-14(15)16/h3-6,11-13,17-18H,7-10H2,1-2H3. The number of rotatable bonds is 4. The van der Waals surface area contributed by atoms with Crippen molar-refractivity contribution in [1.29, 1.82) is 0 Å². The third-order valence-corrected chi connectivity index (χ3v) is 5.92. The first-order chi connectivity index (χ1) is 10.5. The summed E-state index contributed by atoms with van der Waals surface area (Å²) in [4.78, 5) is 3.33. The van der Waals surface area contributed by atoms with Crippen LogP contribution in [0.3, 0.4) is 0 Å². The van der Waals surface area contributed by atoms with E-state index < -0.39 is 10.0 Å². The van der Waals surface area contributed by atoms with E-state index in [1.165, 1.54) is 17.2 Å². The van der Waals surface area contributed by atoms with E-state index in [4.69, 9.17) is 0 Å². The number of aromatic nitrogens is 1. The SMILES string of the molecule is CNCC1CC(c2c[nH]c3ccccc23)CCN1S(C)(=O)=O. The van der Waals surface area contributed by atoms with Gasteiger partial charge in [-0.2, -0.15) is 4.31 Å². The van der Waals surface area contributed by atoms with E-state index >= 15 is 0 Å². The van der Waals surface area contributed by atoms with Crippen LogP contribution in [0, 0.1) is 0 Å². The summed E-state index contributed by atoms with van der Waals surface area (Å²) in [6.45, 7) is 1.28. The number of aromatic amines is 1. The Morgan fingerprint density at radius 2 is 2.14 bits per heavy atom. The fraction of sp³-hybridized carbons (Fsp3) is 0.500. The second-order valence-corrected chi connectivity index (χ2v) is 8.03. The lowest BCUT2D eigenvalue weighted by Crippen LogP contribution is -2.49. The number of hydrogen-bond acceptors (Lipinski definition) is 3. The maximum Gasteiger partial charge on any atom is 0.211 e. The van der Waals surface area contributed by atoms with E-state index in [9.17, 15) is 8.42 Å². The van der Waals surface area contributed by atoms with Crippen LogP contribution < -0.4 is 5.32 Å². The summed E-state index contributed by atoms with van der Waals surface area (Å²) in [5, 5.41) is 4.38. The van der Waals surface area contributed by atoms with Crippen molar-refractivity contribution in [3.05, 3.63) is 36.0 Å². The summed E-state index contributed by atoms with van der Waals surface area (Å²) in [6.07, 6.45) is 5.12. The number of hydrogen-bond donors (Lipinski definition) is 2. The molecule has 2 heterocycles. The number of likely N-dealkylation sites (N-methyl/N-ethyl adjacent to an activating group) is 1. The van der Waals surface area contributed by atoms with Crippen molar-refractivity contribution in [2.75, 3.05) is 26.4 Å². The predicted molar refractivity (Wildman–Crippen MR) is 89.5 cm³/mol. The monoisotopic (exact) mass is 321 g/mol. The van der Waals surface area contributed by atoms with Crippen molar-refractivity contribution < 1.29 is 8.42 Å². The lowest BCUT2D eigenvalue weighted by atomic mass is 9.86. The highest BCUT2D eigenvalue weighted by atomic mass is 32.2. The third-order valence-electron chi connectivity index (χ3n) is 4.59. The molecular weight excluding hydrogens is 298 g/mol. The van der Waals surface area contributed by atoms with Gasteiger partial charge in [0.2, 0.25) is 10.0 Å². The fourth-order valence-electron chi connectivity index (χ4n) is 3.60. The van der Waals surface area contributed by atoms with Crippen LogP contribution >= 0.6 is 0 Å². The molecule has 120 valence electrons. The van der Waals surface area contributed by atoms with E-state index in [1.807, 2.05) is 13.1 Å². The van der Waals surface area contributed by atoms with Crippen molar-refractivity contribution in [1.82, 2.24) is 14.6 Å². The number of para-hydroxylation sites is 1. The Labute approximate surface area is 131 Å². The van der Waals surface area contributed by atoms with Gasteiger partial charge >= 0.3 is 0 Å². The Bertz CT molecular complexity index is 754. The normalized spacial score (nSPS) is 23.9. The average molecular weight is 321 g/mol. The van der Waals surface area contributed by atoms with Crippen molar-refractivity contribution >= 4 is 20.9 Å². The van der Waals surface area contributed by atoms with Crippen LogP contribution in [0.25, 0.3) is 10.9 Å². The molecule has 22 heavy (non-hydrogen) atoms. The maximum absolute atomic E-state index is 12.0. The van der Waals surface area contributed by atoms with Crippen LogP contribution in [-0.4, -0.2) is 50.1 Å². The Hall–Kier alpha value is -1.37. The van der Waals surface area contributed by atoms with Gasteiger partial charge in [0.1, 0.15) is 0 Å². The van der Waals surface area contributed by atoms with E-state index in [2.05, 4.69) is 34.7 Å². The van der Waals surface area contributed by atoms with Gasteiger partial charge in [-0.25, -0.2) is 8.42 Å². The van der Waals surface area contributed by atoms with Crippen LogP contribution in [0.2, 0.25) is 0 Å². The second kappa shape index (κ2) is 6.02. The molecule has 1 aliphatic heterocycles. The topological polar surface area (TPSA) is 65.2 Å². The summed E-state index contributed by atoms with van der Waals surface area (Å²) >= 11 is 0. The number of fused-ring (bicyclic) bond motifs is 1. The van der Waals surface area contributed by atoms with Gasteiger partial charge in [-0.15, -0.1) is 0 Å². The van der Waals surface area contributed by atoms with Gasteiger partial charge in [0.05, 0.1) is 6.26 Å². The van der Waals surface area contributed by atoms with Crippen molar-refractivity contribution in [3.8, 4) is 0 Å². The molecule has 0 aliphatic carbocycles. The molecule has 0 bridgehead atoms. The molecule has 2 N–H and O–H groups in total. The summed E-state index contributed by atoms with van der Waals surface area (Å²) in [5.74, 6) is 0.396. The summed E-state index contributed by atoms with van der Waals surface area (Å²) in [7, 11) is -1.28. The van der Waals surface area contributed by atoms with Crippen LogP contribution in [0.15, 0.2) is 30.5 Å². The molecule has 0 amide bonds. The second-order valence-electron chi connectivity index (χ2n) is 6.10. The molecule has 3 rings (SSSR count). The Morgan fingerprint density at radius 3 is 2.86 bits per heavy atom. The first-order valence-corrected chi connectivity index (χ1v) is 9.53. The first-order valence-electron chi connectivity index (χ1n) is 7.68. The minimum Gasteiger partial charge on any atom is -0.361 e. The van der Waals surface area contributed by atoms with Crippen LogP contribution in [0.4, 0.5) is 0 Å². The molecule has 2 atom stereocenters. The molecule has 2 aromatic rings. The number of piperidine rings is 1. The fourth-order valence-corrected chi connectivity index (χ4v) is 4.74. The van der Waals surface area contributed by atoms with E-state index in [1.54, 1.807) is 4.31 Å². The zero-order valence-electron chi connectivity index (χ0n) is 13.0. The molecule has 1 aromatic carbocycles. The highest BCUT2D eigenvalue weighted by molar-refractivity contribution is 7.88. The van der Waals surface area contributed by atoms with Crippen molar-refractivity contribution in [2.45, 2.75) is 24.8 Å². The van der Waals surface area contributed by atoms with E-state index in [-0.39, 0.29) is 6.04 Å². The highest BCUT2D eigenvalue weighted by Crippen LogP contribution is 2.36. The van der Waals surface area contributed by atoms with Gasteiger partial charge in [0.25, 0.3) is 0 Å². The largest absolute Gasteiger partial charge is 0.361 e. The van der Waals surface area contributed by atoms with E-state index in [0.29, 0.717) is 19.0 Å². The number of sulfonamides is 1. The highest BCUT2D eigenvalue weighted by Gasteiger charge is 2.34. The molecule has 5 nitrogen and oxygen atoms in total. The Morgan fingerprint density at radius 1 is 1.36 bits per heavy atom. The Balaban J connectivity index is 1.88. The lowest BCUT2D eigenvalue weighted by Gasteiger charge is -2.37. The van der Waals surface area contributed by atoms with Crippen molar-refractivity contribution in [3.63, 3.8) is 0 Å². The van der Waals surface area contributed by atoms with Gasteiger partial charge < -0.3 is 10.3 Å². The maximum atomic E-state index is 12.0. The first kappa shape index (κ1) is 15.5. The molecule has 0 spiro atoms. The van der Waals surface area contributed by atoms with Crippen LogP contribution in [-0.2, 0) is 10.0 Å². The van der Waals surface area contributed by atoms with Gasteiger partial charge in [0, 0.05) is 36.2 Å². The lowest BCUT2D eigenvalue weighted by molar-refractivity contribution is 0.230. The quantitative estimate of drug-likeness (QED) is 0.904.